The summed E-state index contributed by atoms with van der Waals surface area (Å²) in [5.74, 6) is 2.64. The molecule has 15 rings (SSSR count). The standard InChI is InChI=1S/C28H35NO4S.C27H33NO4S.C23H27NO2S.C22H25NO2S.C21H25NOS/c1-8-32-26(30)19(3)24(20-14-12-18(2)13-15-20)23-16-29(27(31)33-28(4,5)6)25-21(17-34-7)10-9-11-22(23)25;1-7-31-24(29)15-22(19-13-11-18(2)12-14-19)23-16-28(26(30)32-27(3,4)5)25-20(17-33-6)9-8-10-21(23)25;1-5-26-23(25)16(3)21(17-11-9-15(2)10-12-17)20-13-24-22-18(14-27-4)7-6-8-19(20)22;1-4-25-21(24)12-19(16-10-8-15(2)9-11-16)20-13-23-22-17(14-26-3)6-5-7-18(20)22;1-14-7-9-16(10-8-14)20(15(2)12-23)19-11-22-21-17(13-24-3)5-4-6-18(19)21/h9-16,19,24H,8,17H2,1-7H3;8-14,16,22H,7,15,17H2,1-6H3;6-13,16,21,24H,5,14H2,1-4H3;5-11,13,19,23H,4,12,14H2,1-3H3;4-11,15,20,22-23H,12-13H2,1-3H3. The van der Waals surface area contributed by atoms with Crippen LogP contribution in [0.2, 0.25) is 0 Å². The molecule has 8 unspecified atom stereocenters. The lowest BCUT2D eigenvalue weighted by Gasteiger charge is -2.23. The number of rotatable bonds is 34. The van der Waals surface area contributed by atoms with E-state index in [1.54, 1.807) is 32.7 Å². The SMILES string of the molecule is CCOC(=O)C(C)C(c1ccc(C)cc1)c1c[nH]c2c(CSC)cccc12.CCOC(=O)C(C)C(c1ccc(C)cc1)c1cn(C(=O)OC(C)(C)C)c2c(CSC)cccc12.CCOC(=O)CC(c1ccc(C)cc1)c1c[nH]c2c(CSC)cccc12.CCOC(=O)CC(c1ccc(C)cc1)c1cn(C(=O)OC(C)(C)C)c2c(CSC)cccc12.CSCc1cccc2c(C(c3ccc(C)cc3)C(C)CO)c[nH]c12. The van der Waals surface area contributed by atoms with Gasteiger partial charge in [0.15, 0.2) is 0 Å². The quantitative estimate of drug-likeness (QED) is 0.0217. The maximum absolute atomic E-state index is 13.3. The van der Waals surface area contributed by atoms with Crippen molar-refractivity contribution in [2.45, 2.75) is 207 Å². The highest BCUT2D eigenvalue weighted by atomic mass is 32.2. The average Bonchev–Trinajstić information content (AvgIpc) is 1.49. The summed E-state index contributed by atoms with van der Waals surface area (Å²) in [6, 6.07) is 73.4. The van der Waals surface area contributed by atoms with E-state index in [0.717, 1.165) is 128 Å². The molecule has 0 radical (unpaired) electrons. The molecule has 15 aromatic rings. The van der Waals surface area contributed by atoms with Gasteiger partial charge in [-0.2, -0.15) is 58.8 Å². The molecule has 18 nitrogen and oxygen atoms in total. The van der Waals surface area contributed by atoms with Gasteiger partial charge in [-0.05, 0) is 225 Å². The summed E-state index contributed by atoms with van der Waals surface area (Å²) in [4.78, 5) is 87.2. The number of aromatic nitrogens is 5. The van der Waals surface area contributed by atoms with Crippen LogP contribution in [0.1, 0.15) is 244 Å². The fourth-order valence-electron chi connectivity index (χ4n) is 18.8. The third-order valence-corrected chi connectivity index (χ3v) is 28.6. The van der Waals surface area contributed by atoms with E-state index in [1.807, 2.05) is 230 Å². The maximum atomic E-state index is 13.3. The summed E-state index contributed by atoms with van der Waals surface area (Å²) >= 11 is 8.85. The van der Waals surface area contributed by atoms with E-state index in [4.69, 9.17) is 28.4 Å². The Morgan fingerprint density at radius 1 is 0.333 bits per heavy atom. The van der Waals surface area contributed by atoms with Crippen LogP contribution in [-0.2, 0) is 76.4 Å². The topological polar surface area (TPSA) is 235 Å². The number of benzene rings is 10. The molecule has 0 aliphatic rings. The van der Waals surface area contributed by atoms with E-state index < -0.39 is 29.3 Å². The number of para-hydroxylation sites is 5. The Hall–Kier alpha value is -11.6. The van der Waals surface area contributed by atoms with Gasteiger partial charge in [0.25, 0.3) is 0 Å². The van der Waals surface area contributed by atoms with E-state index >= 15 is 0 Å². The first-order valence-electron chi connectivity index (χ1n) is 49.6. The molecule has 0 fully saturated rings. The first-order chi connectivity index (χ1) is 69.1. The Balaban J connectivity index is 0.000000173. The van der Waals surface area contributed by atoms with Crippen molar-refractivity contribution in [3.8, 4) is 0 Å². The van der Waals surface area contributed by atoms with E-state index in [9.17, 15) is 33.9 Å². The van der Waals surface area contributed by atoms with Gasteiger partial charge in [-0.15, -0.1) is 0 Å². The van der Waals surface area contributed by atoms with Crippen LogP contribution in [0.15, 0.2) is 243 Å². The van der Waals surface area contributed by atoms with Crippen molar-refractivity contribution >= 4 is 149 Å². The Kier molecular flexibility index (Phi) is 41.9. The van der Waals surface area contributed by atoms with Crippen LogP contribution in [0.5, 0.6) is 0 Å². The zero-order chi connectivity index (χ0) is 104. The number of fused-ring (bicyclic) bond motifs is 5. The zero-order valence-electron chi connectivity index (χ0n) is 88.0. The number of H-pyrrole nitrogens is 3. The van der Waals surface area contributed by atoms with Gasteiger partial charge in [0.1, 0.15) is 11.2 Å². The van der Waals surface area contributed by atoms with Crippen molar-refractivity contribution in [2.24, 2.45) is 17.8 Å². The van der Waals surface area contributed by atoms with E-state index in [-0.39, 0.29) is 78.3 Å². The molecule has 4 N–H and O–H groups in total. The number of esters is 4. The molecule has 8 atom stereocenters. The van der Waals surface area contributed by atoms with Gasteiger partial charge in [-0.1, -0.05) is 261 Å². The normalized spacial score (nSPS) is 13.1. The smallest absolute Gasteiger partial charge is 0.419 e. The molecule has 5 aromatic heterocycles. The molecule has 144 heavy (non-hydrogen) atoms. The number of aromatic amines is 3. The van der Waals surface area contributed by atoms with Crippen molar-refractivity contribution in [3.05, 3.63) is 355 Å². The van der Waals surface area contributed by atoms with Crippen LogP contribution >= 0.6 is 58.8 Å². The molecule has 0 saturated carbocycles. The number of nitrogens with one attached hydrogen (secondary N) is 3. The lowest BCUT2D eigenvalue weighted by molar-refractivity contribution is -0.148. The highest BCUT2D eigenvalue weighted by Gasteiger charge is 2.36. The van der Waals surface area contributed by atoms with Gasteiger partial charge in [-0.25, -0.2) is 9.59 Å². The lowest BCUT2D eigenvalue weighted by Crippen LogP contribution is -2.27. The first-order valence-corrected chi connectivity index (χ1v) is 56.6. The van der Waals surface area contributed by atoms with E-state index in [0.29, 0.717) is 32.8 Å². The van der Waals surface area contributed by atoms with Crippen LogP contribution in [0, 0.1) is 52.4 Å². The van der Waals surface area contributed by atoms with Crippen LogP contribution in [0.4, 0.5) is 9.59 Å². The summed E-state index contributed by atoms with van der Waals surface area (Å²) in [7, 11) is 0. The Bertz CT molecular complexity index is 6760. The number of hydrogen-bond acceptors (Lipinski definition) is 18. The second-order valence-electron chi connectivity index (χ2n) is 38.8. The number of aryl methyl sites for hydroxylation is 5. The molecule has 0 aliphatic carbocycles. The monoisotopic (exact) mass is 2040 g/mol. The van der Waals surface area contributed by atoms with Crippen LogP contribution < -0.4 is 0 Å². The molecule has 0 spiro atoms. The summed E-state index contributed by atoms with van der Waals surface area (Å²) in [5, 5.41) is 15.3. The number of aliphatic hydroxyl groups excluding tert-OH is 1. The highest BCUT2D eigenvalue weighted by Crippen LogP contribution is 2.45. The summed E-state index contributed by atoms with van der Waals surface area (Å²) in [6.45, 7) is 36.4. The molecule has 762 valence electrons. The Morgan fingerprint density at radius 2 is 0.604 bits per heavy atom. The second kappa shape index (κ2) is 53.5. The van der Waals surface area contributed by atoms with Crippen molar-refractivity contribution in [2.75, 3.05) is 64.3 Å². The molecule has 0 amide bonds. The van der Waals surface area contributed by atoms with Crippen molar-refractivity contribution < 1.29 is 62.3 Å². The highest BCUT2D eigenvalue weighted by molar-refractivity contribution is 7.98. The maximum Gasteiger partial charge on any atom is 0.419 e. The molecule has 10 aromatic carbocycles. The molecule has 0 aliphatic heterocycles. The minimum Gasteiger partial charge on any atom is -0.466 e. The molecular formula is C121H145N5O13S5. The summed E-state index contributed by atoms with van der Waals surface area (Å²) < 4.78 is 36.0. The number of hydrogen-bond donors (Lipinski definition) is 4. The number of aliphatic hydroxyl groups is 1. The molecular weight excluding hydrogens is 1890 g/mol. The lowest BCUT2D eigenvalue weighted by atomic mass is 9.81. The van der Waals surface area contributed by atoms with Gasteiger partial charge >= 0.3 is 36.1 Å². The zero-order valence-corrected chi connectivity index (χ0v) is 92.1. The number of ether oxygens (including phenoxy) is 6. The Morgan fingerprint density at radius 3 is 0.931 bits per heavy atom. The molecule has 5 heterocycles. The van der Waals surface area contributed by atoms with Crippen LogP contribution in [0.25, 0.3) is 54.5 Å². The van der Waals surface area contributed by atoms with E-state index in [1.165, 1.54) is 66.2 Å². The predicted molar refractivity (Wildman–Crippen MR) is 604 cm³/mol. The number of carbonyl (C=O) groups excluding carboxylic acids is 6. The second-order valence-corrected chi connectivity index (χ2v) is 43.1. The summed E-state index contributed by atoms with van der Waals surface area (Å²) in [5.41, 5.74) is 26.9. The number of thioether (sulfide) groups is 5. The predicted octanol–water partition coefficient (Wildman–Crippen LogP) is 29.8. The van der Waals surface area contributed by atoms with Crippen LogP contribution in [-0.4, -0.2) is 141 Å². The number of nitrogens with zero attached hydrogens (tertiary/aromatic N) is 2. The van der Waals surface area contributed by atoms with Crippen molar-refractivity contribution in [3.63, 3.8) is 0 Å². The number of carbonyl (C=O) groups is 6. The fraction of sp³-hybridized carbons (Fsp3) is 0.372. The summed E-state index contributed by atoms with van der Waals surface area (Å²) in [6.07, 6.45) is 20.1. The first kappa shape index (κ1) is 113. The van der Waals surface area contributed by atoms with E-state index in [2.05, 4.69) is 220 Å². The van der Waals surface area contributed by atoms with Crippen molar-refractivity contribution in [1.29, 1.82) is 0 Å². The fourth-order valence-corrected chi connectivity index (χ4v) is 21.6. The molecule has 0 bridgehead atoms. The van der Waals surface area contributed by atoms with Gasteiger partial charge in [-0.3, -0.25) is 28.3 Å². The largest absolute Gasteiger partial charge is 0.466 e. The van der Waals surface area contributed by atoms with Gasteiger partial charge in [0, 0.05) is 139 Å². The van der Waals surface area contributed by atoms with Crippen molar-refractivity contribution in [1.82, 2.24) is 24.1 Å². The Labute approximate surface area is 873 Å². The minimum absolute atomic E-state index is 0.0204. The third-order valence-electron chi connectivity index (χ3n) is 25.6. The van der Waals surface area contributed by atoms with Crippen LogP contribution in [0.3, 0.4) is 0 Å². The van der Waals surface area contributed by atoms with Gasteiger partial charge in [0.2, 0.25) is 0 Å². The molecule has 23 heteroatoms. The minimum atomic E-state index is -0.628. The molecule has 0 saturated heterocycles. The van der Waals surface area contributed by atoms with Gasteiger partial charge in [0.05, 0.1) is 62.1 Å². The third kappa shape index (κ3) is 29.0. The van der Waals surface area contributed by atoms with Gasteiger partial charge < -0.3 is 48.5 Å². The average molecular weight is 2040 g/mol.